The minimum Gasteiger partial charge on any atom is -0.347 e. The van der Waals surface area contributed by atoms with Crippen molar-refractivity contribution >= 4 is 11.8 Å². The monoisotopic (exact) mass is 294 g/mol. The molecule has 7 nitrogen and oxygen atoms in total. The molecule has 1 heterocycles. The molecule has 1 rings (SSSR count). The molecule has 0 N–H and O–H groups in total. The highest BCUT2D eigenvalue weighted by Gasteiger charge is 2.18. The van der Waals surface area contributed by atoms with E-state index in [-0.39, 0.29) is 29.6 Å². The molecule has 1 aromatic heterocycles. The molecule has 21 heavy (non-hydrogen) atoms. The number of likely N-dealkylation sites (N-methyl/N-ethyl adjacent to an activating group) is 2. The summed E-state index contributed by atoms with van der Waals surface area (Å²) in [5.41, 5.74) is -0.0632. The highest BCUT2D eigenvalue weighted by molar-refractivity contribution is 5.94. The lowest BCUT2D eigenvalue weighted by molar-refractivity contribution is -0.129. The Labute approximate surface area is 124 Å². The maximum absolute atomic E-state index is 12.2. The molecule has 0 spiro atoms. The van der Waals surface area contributed by atoms with Gasteiger partial charge in [-0.2, -0.15) is 5.10 Å². The van der Waals surface area contributed by atoms with Crippen molar-refractivity contribution in [2.24, 2.45) is 0 Å². The lowest BCUT2D eigenvalue weighted by atomic mass is 10.3. The molecule has 0 radical (unpaired) electrons. The van der Waals surface area contributed by atoms with Crippen molar-refractivity contribution < 1.29 is 9.59 Å². The Balaban J connectivity index is 2.87. The Kier molecular flexibility index (Phi) is 6.08. The number of aromatic nitrogens is 2. The fourth-order valence-electron chi connectivity index (χ4n) is 1.64. The number of nitrogens with zero attached hydrogens (tertiary/aromatic N) is 4. The van der Waals surface area contributed by atoms with Crippen LogP contribution in [0.5, 0.6) is 0 Å². The second-order valence-corrected chi connectivity index (χ2v) is 5.08. The molecule has 0 aliphatic heterocycles. The van der Waals surface area contributed by atoms with Gasteiger partial charge in [-0.15, -0.1) is 0 Å². The molecule has 0 saturated carbocycles. The first-order chi connectivity index (χ1) is 9.86. The maximum Gasteiger partial charge on any atom is 0.274 e. The summed E-state index contributed by atoms with van der Waals surface area (Å²) in [6, 6.07) is 2.72. The van der Waals surface area contributed by atoms with Crippen molar-refractivity contribution in [2.45, 2.75) is 26.3 Å². The number of amides is 2. The van der Waals surface area contributed by atoms with E-state index in [1.807, 2.05) is 6.92 Å². The summed E-state index contributed by atoms with van der Waals surface area (Å²) in [4.78, 5) is 38.2. The summed E-state index contributed by atoms with van der Waals surface area (Å²) in [6.45, 7) is 2.47. The molecule has 0 saturated heterocycles. The number of carbonyl (C=O) groups excluding carboxylic acids is 2. The zero-order valence-electron chi connectivity index (χ0n) is 13.0. The molecule has 0 unspecified atom stereocenters. The predicted octanol–water partition coefficient (Wildman–Crippen LogP) is 0.204. The van der Waals surface area contributed by atoms with Gasteiger partial charge in [-0.1, -0.05) is 13.3 Å². The van der Waals surface area contributed by atoms with E-state index in [4.69, 9.17) is 0 Å². The van der Waals surface area contributed by atoms with Crippen LogP contribution in [-0.4, -0.2) is 59.1 Å². The molecule has 116 valence electrons. The van der Waals surface area contributed by atoms with Crippen molar-refractivity contribution in [3.63, 3.8) is 0 Å². The van der Waals surface area contributed by atoms with Gasteiger partial charge >= 0.3 is 0 Å². The van der Waals surface area contributed by atoms with E-state index < -0.39 is 0 Å². The van der Waals surface area contributed by atoms with Gasteiger partial charge in [-0.05, 0) is 12.5 Å². The number of hydrogen-bond donors (Lipinski definition) is 0. The van der Waals surface area contributed by atoms with Crippen molar-refractivity contribution in [1.29, 1.82) is 0 Å². The van der Waals surface area contributed by atoms with Gasteiger partial charge in [0, 0.05) is 33.8 Å². The van der Waals surface area contributed by atoms with Crippen LogP contribution in [0.1, 0.15) is 30.3 Å². The van der Waals surface area contributed by atoms with E-state index in [0.717, 1.165) is 12.8 Å². The molecule has 0 fully saturated rings. The third-order valence-electron chi connectivity index (χ3n) is 3.03. The third-order valence-corrected chi connectivity index (χ3v) is 3.03. The molecule has 0 aliphatic rings. The smallest absolute Gasteiger partial charge is 0.274 e. The summed E-state index contributed by atoms with van der Waals surface area (Å²) in [6.07, 6.45) is 1.75. The first-order valence-electron chi connectivity index (χ1n) is 6.90. The van der Waals surface area contributed by atoms with Gasteiger partial charge in [0.1, 0.15) is 5.69 Å². The average Bonchev–Trinajstić information content (AvgIpc) is 2.45. The first-order valence-corrected chi connectivity index (χ1v) is 6.90. The summed E-state index contributed by atoms with van der Waals surface area (Å²) in [7, 11) is 4.79. The number of hydrogen-bond acceptors (Lipinski definition) is 4. The van der Waals surface area contributed by atoms with Crippen molar-refractivity contribution in [1.82, 2.24) is 19.6 Å². The third kappa shape index (κ3) is 4.70. The Bertz CT molecular complexity index is 566. The van der Waals surface area contributed by atoms with Gasteiger partial charge in [0.2, 0.25) is 5.91 Å². The van der Waals surface area contributed by atoms with Crippen LogP contribution in [0.15, 0.2) is 16.9 Å². The van der Waals surface area contributed by atoms with Gasteiger partial charge in [-0.25, -0.2) is 4.68 Å². The van der Waals surface area contributed by atoms with E-state index >= 15 is 0 Å². The standard InChI is InChI=1S/C14H22N4O3/c1-5-6-9-18-12(19)8-7-11(15-18)14(21)17(4)10-13(20)16(2)3/h7-8H,5-6,9-10H2,1-4H3. The molecule has 0 bridgehead atoms. The van der Waals surface area contributed by atoms with Gasteiger partial charge in [0.15, 0.2) is 0 Å². The van der Waals surface area contributed by atoms with Crippen LogP contribution in [0, 0.1) is 0 Å². The van der Waals surface area contributed by atoms with E-state index in [9.17, 15) is 14.4 Å². The molecule has 2 amide bonds. The number of carbonyl (C=O) groups is 2. The number of aryl methyl sites for hydroxylation is 1. The lowest BCUT2D eigenvalue weighted by Gasteiger charge is -2.19. The van der Waals surface area contributed by atoms with Crippen LogP contribution in [0.25, 0.3) is 0 Å². The molecule has 1 aromatic rings. The lowest BCUT2D eigenvalue weighted by Crippen LogP contribution is -2.38. The van der Waals surface area contributed by atoms with Crippen LogP contribution in [0.3, 0.4) is 0 Å². The van der Waals surface area contributed by atoms with Crippen LogP contribution < -0.4 is 5.56 Å². The second-order valence-electron chi connectivity index (χ2n) is 5.08. The maximum atomic E-state index is 12.2. The normalized spacial score (nSPS) is 10.3. The Hall–Kier alpha value is -2.18. The fourth-order valence-corrected chi connectivity index (χ4v) is 1.64. The molecular formula is C14H22N4O3. The minimum atomic E-state index is -0.379. The quantitative estimate of drug-likeness (QED) is 0.751. The zero-order valence-corrected chi connectivity index (χ0v) is 13.0. The van der Waals surface area contributed by atoms with Gasteiger partial charge < -0.3 is 9.80 Å². The molecule has 0 aromatic carbocycles. The fraction of sp³-hybridized carbons (Fsp3) is 0.571. The predicted molar refractivity (Wildman–Crippen MR) is 79.1 cm³/mol. The van der Waals surface area contributed by atoms with E-state index in [2.05, 4.69) is 5.10 Å². The molecule has 0 atom stereocenters. The highest BCUT2D eigenvalue weighted by atomic mass is 16.2. The van der Waals surface area contributed by atoms with Crippen molar-refractivity contribution in [3.8, 4) is 0 Å². The van der Waals surface area contributed by atoms with Gasteiger partial charge in [-0.3, -0.25) is 14.4 Å². The van der Waals surface area contributed by atoms with E-state index in [1.165, 1.54) is 33.7 Å². The topological polar surface area (TPSA) is 75.5 Å². The van der Waals surface area contributed by atoms with Crippen LogP contribution >= 0.6 is 0 Å². The zero-order chi connectivity index (χ0) is 16.0. The molecule has 7 heteroatoms. The number of rotatable bonds is 6. The van der Waals surface area contributed by atoms with Crippen LogP contribution in [-0.2, 0) is 11.3 Å². The SMILES string of the molecule is CCCCn1nc(C(=O)N(C)CC(=O)N(C)C)ccc1=O. The Morgan fingerprint density at radius 3 is 2.48 bits per heavy atom. The summed E-state index contributed by atoms with van der Waals surface area (Å²) >= 11 is 0. The average molecular weight is 294 g/mol. The molecular weight excluding hydrogens is 272 g/mol. The van der Waals surface area contributed by atoms with Gasteiger partial charge in [0.25, 0.3) is 11.5 Å². The van der Waals surface area contributed by atoms with Crippen LogP contribution in [0.4, 0.5) is 0 Å². The van der Waals surface area contributed by atoms with Crippen molar-refractivity contribution in [3.05, 3.63) is 28.2 Å². The van der Waals surface area contributed by atoms with Crippen molar-refractivity contribution in [2.75, 3.05) is 27.7 Å². The van der Waals surface area contributed by atoms with E-state index in [1.54, 1.807) is 14.1 Å². The Morgan fingerprint density at radius 1 is 1.24 bits per heavy atom. The number of unbranched alkanes of at least 4 members (excludes halogenated alkanes) is 1. The largest absolute Gasteiger partial charge is 0.347 e. The van der Waals surface area contributed by atoms with Gasteiger partial charge in [0.05, 0.1) is 6.54 Å². The highest BCUT2D eigenvalue weighted by Crippen LogP contribution is 1.99. The van der Waals surface area contributed by atoms with E-state index in [0.29, 0.717) is 6.54 Å². The minimum absolute atomic E-state index is 0.0262. The summed E-state index contributed by atoms with van der Waals surface area (Å²) in [5, 5.41) is 4.07. The first kappa shape index (κ1) is 16.9. The Morgan fingerprint density at radius 2 is 1.90 bits per heavy atom. The van der Waals surface area contributed by atoms with Crippen LogP contribution in [0.2, 0.25) is 0 Å². The summed E-state index contributed by atoms with van der Waals surface area (Å²) < 4.78 is 1.29. The molecule has 0 aliphatic carbocycles. The second kappa shape index (κ2) is 7.56. The summed E-state index contributed by atoms with van der Waals surface area (Å²) in [5.74, 6) is -0.555.